The number of imide groups is 1. The minimum Gasteiger partial charge on any atom is -0.454 e. The van der Waals surface area contributed by atoms with Gasteiger partial charge in [0.1, 0.15) is 11.6 Å². The minimum absolute atomic E-state index is 0.121. The van der Waals surface area contributed by atoms with Crippen LogP contribution < -0.4 is 20.1 Å². The molecule has 2 unspecified atom stereocenters. The molecule has 2 N–H and O–H groups in total. The molecule has 24 heavy (non-hydrogen) atoms. The highest BCUT2D eigenvalue weighted by atomic mass is 16.7. The number of nitrogens with zero attached hydrogens (tertiary/aromatic N) is 1. The highest BCUT2D eigenvalue weighted by molar-refractivity contribution is 6.10. The van der Waals surface area contributed by atoms with Crippen molar-refractivity contribution in [2.24, 2.45) is 0 Å². The summed E-state index contributed by atoms with van der Waals surface area (Å²) in [6.07, 6.45) is 0. The summed E-state index contributed by atoms with van der Waals surface area (Å²) in [4.78, 5) is 38.1. The number of rotatable bonds is 4. The predicted molar refractivity (Wildman–Crippen MR) is 83.4 cm³/mol. The average Bonchev–Trinajstić information content (AvgIpc) is 3.10. The Kier molecular flexibility index (Phi) is 3.82. The van der Waals surface area contributed by atoms with Crippen molar-refractivity contribution < 1.29 is 23.9 Å². The Morgan fingerprint density at radius 1 is 1.38 bits per heavy atom. The Bertz CT molecular complexity index is 720. The van der Waals surface area contributed by atoms with E-state index >= 15 is 0 Å². The first-order valence-corrected chi connectivity index (χ1v) is 7.72. The van der Waals surface area contributed by atoms with Crippen LogP contribution in [0, 0.1) is 0 Å². The van der Waals surface area contributed by atoms with Crippen molar-refractivity contribution in [3.63, 3.8) is 0 Å². The number of hydrogen-bond donors (Lipinski definition) is 2. The molecule has 4 amide bonds. The zero-order valence-electron chi connectivity index (χ0n) is 13.7. The van der Waals surface area contributed by atoms with Gasteiger partial charge in [-0.1, -0.05) is 6.07 Å². The van der Waals surface area contributed by atoms with Gasteiger partial charge >= 0.3 is 6.03 Å². The molecule has 128 valence electrons. The minimum atomic E-state index is -1.27. The van der Waals surface area contributed by atoms with Gasteiger partial charge in [-0.05, 0) is 38.5 Å². The molecular weight excluding hydrogens is 314 g/mol. The Hall–Kier alpha value is -2.77. The molecule has 8 heteroatoms. The maximum absolute atomic E-state index is 12.9. The van der Waals surface area contributed by atoms with Crippen molar-refractivity contribution in [2.75, 3.05) is 13.3 Å². The van der Waals surface area contributed by atoms with E-state index in [2.05, 4.69) is 10.6 Å². The van der Waals surface area contributed by atoms with Gasteiger partial charge in [0, 0.05) is 6.54 Å². The molecular formula is C16H19N3O5. The number of amides is 4. The van der Waals surface area contributed by atoms with Crippen LogP contribution in [0.4, 0.5) is 4.79 Å². The number of carbonyl (C=O) groups excluding carboxylic acids is 3. The lowest BCUT2D eigenvalue weighted by atomic mass is 9.91. The van der Waals surface area contributed by atoms with Crippen molar-refractivity contribution in [1.29, 1.82) is 0 Å². The third kappa shape index (κ3) is 2.34. The lowest BCUT2D eigenvalue weighted by Gasteiger charge is -2.24. The Labute approximate surface area is 139 Å². The van der Waals surface area contributed by atoms with E-state index < -0.39 is 23.5 Å². The molecule has 8 nitrogen and oxygen atoms in total. The van der Waals surface area contributed by atoms with Crippen LogP contribution in [-0.2, 0) is 15.1 Å². The molecule has 0 bridgehead atoms. The van der Waals surface area contributed by atoms with Gasteiger partial charge in [-0.2, -0.15) is 0 Å². The zero-order chi connectivity index (χ0) is 17.5. The summed E-state index contributed by atoms with van der Waals surface area (Å²) in [7, 11) is 0. The normalized spacial score (nSPS) is 23.2. The van der Waals surface area contributed by atoms with Gasteiger partial charge in [0.15, 0.2) is 11.5 Å². The molecule has 0 aromatic heterocycles. The van der Waals surface area contributed by atoms with Gasteiger partial charge in [0.2, 0.25) is 12.7 Å². The van der Waals surface area contributed by atoms with Crippen molar-refractivity contribution in [3.8, 4) is 11.5 Å². The van der Waals surface area contributed by atoms with Crippen LogP contribution in [-0.4, -0.2) is 42.1 Å². The Balaban J connectivity index is 1.91. The molecule has 2 aliphatic rings. The summed E-state index contributed by atoms with van der Waals surface area (Å²) in [5.74, 6) is 0.249. The van der Waals surface area contributed by atoms with E-state index in [1.807, 2.05) is 0 Å². The molecule has 1 aromatic rings. The molecule has 1 aromatic carbocycles. The monoisotopic (exact) mass is 333 g/mol. The van der Waals surface area contributed by atoms with E-state index in [4.69, 9.17) is 9.47 Å². The Morgan fingerprint density at radius 3 is 2.79 bits per heavy atom. The molecule has 2 aliphatic heterocycles. The number of carbonyl (C=O) groups is 3. The van der Waals surface area contributed by atoms with E-state index in [-0.39, 0.29) is 12.7 Å². The molecule has 0 radical (unpaired) electrons. The van der Waals surface area contributed by atoms with Gasteiger partial charge in [-0.15, -0.1) is 0 Å². The van der Waals surface area contributed by atoms with E-state index in [1.54, 1.807) is 32.0 Å². The molecule has 1 fully saturated rings. The third-order valence-electron chi connectivity index (χ3n) is 4.29. The predicted octanol–water partition coefficient (Wildman–Crippen LogP) is 0.707. The molecule has 0 spiro atoms. The maximum Gasteiger partial charge on any atom is 0.326 e. The topological polar surface area (TPSA) is 97.0 Å². The number of urea groups is 1. The largest absolute Gasteiger partial charge is 0.454 e. The van der Waals surface area contributed by atoms with E-state index in [1.165, 1.54) is 6.92 Å². The van der Waals surface area contributed by atoms with Gasteiger partial charge in [-0.3, -0.25) is 9.59 Å². The lowest BCUT2D eigenvalue weighted by molar-refractivity contribution is -0.137. The van der Waals surface area contributed by atoms with Crippen LogP contribution in [0.25, 0.3) is 0 Å². The number of likely N-dealkylation sites (N-methyl/N-ethyl adjacent to an activating group) is 1. The molecule has 2 heterocycles. The summed E-state index contributed by atoms with van der Waals surface area (Å²) >= 11 is 0. The summed E-state index contributed by atoms with van der Waals surface area (Å²) < 4.78 is 10.6. The van der Waals surface area contributed by atoms with Crippen LogP contribution in [0.15, 0.2) is 18.2 Å². The van der Waals surface area contributed by atoms with Crippen LogP contribution in [0.5, 0.6) is 11.5 Å². The van der Waals surface area contributed by atoms with Crippen LogP contribution in [0.2, 0.25) is 0 Å². The number of hydrogen-bond acceptors (Lipinski definition) is 5. The average molecular weight is 333 g/mol. The van der Waals surface area contributed by atoms with Crippen LogP contribution >= 0.6 is 0 Å². The van der Waals surface area contributed by atoms with Gasteiger partial charge < -0.3 is 20.1 Å². The van der Waals surface area contributed by atoms with E-state index in [9.17, 15) is 14.4 Å². The summed E-state index contributed by atoms with van der Waals surface area (Å²) in [5, 5.41) is 5.29. The molecule has 0 aliphatic carbocycles. The molecule has 1 saturated heterocycles. The fraction of sp³-hybridized carbons (Fsp3) is 0.438. The second-order valence-electron chi connectivity index (χ2n) is 5.87. The Morgan fingerprint density at radius 2 is 2.08 bits per heavy atom. The van der Waals surface area contributed by atoms with Gasteiger partial charge in [0.25, 0.3) is 5.91 Å². The molecule has 3 rings (SSSR count). The summed E-state index contributed by atoms with van der Waals surface area (Å²) in [5.41, 5.74) is -0.700. The van der Waals surface area contributed by atoms with E-state index in [0.29, 0.717) is 23.6 Å². The van der Waals surface area contributed by atoms with Crippen molar-refractivity contribution >= 4 is 17.8 Å². The SMILES string of the molecule is CCNC(=O)C(C)N1C(=O)NC(C)(c2ccc3c(c2)OCO3)C1=O. The second-order valence-corrected chi connectivity index (χ2v) is 5.87. The first-order valence-electron chi connectivity index (χ1n) is 7.72. The highest BCUT2D eigenvalue weighted by Crippen LogP contribution is 2.38. The first-order chi connectivity index (χ1) is 11.4. The summed E-state index contributed by atoms with van der Waals surface area (Å²) in [6.45, 7) is 5.44. The van der Waals surface area contributed by atoms with Gasteiger partial charge in [0.05, 0.1) is 0 Å². The standard InChI is InChI=1S/C16H19N3O5/c1-4-17-13(20)9(2)19-14(21)16(3,18-15(19)22)10-5-6-11-12(7-10)24-8-23-11/h5-7,9H,4,8H2,1-3H3,(H,17,20)(H,18,22). The number of benzene rings is 1. The third-order valence-corrected chi connectivity index (χ3v) is 4.29. The van der Waals surface area contributed by atoms with Crippen molar-refractivity contribution in [2.45, 2.75) is 32.4 Å². The number of ether oxygens (including phenoxy) is 2. The number of nitrogens with one attached hydrogen (secondary N) is 2. The molecule has 0 saturated carbocycles. The zero-order valence-corrected chi connectivity index (χ0v) is 13.7. The highest BCUT2D eigenvalue weighted by Gasteiger charge is 2.52. The van der Waals surface area contributed by atoms with E-state index in [0.717, 1.165) is 4.90 Å². The van der Waals surface area contributed by atoms with Crippen LogP contribution in [0.3, 0.4) is 0 Å². The maximum atomic E-state index is 12.9. The fourth-order valence-corrected chi connectivity index (χ4v) is 2.85. The smallest absolute Gasteiger partial charge is 0.326 e. The lowest BCUT2D eigenvalue weighted by Crippen LogP contribution is -2.49. The quantitative estimate of drug-likeness (QED) is 0.791. The van der Waals surface area contributed by atoms with Crippen molar-refractivity contribution in [3.05, 3.63) is 23.8 Å². The first kappa shape index (κ1) is 16.1. The van der Waals surface area contributed by atoms with Gasteiger partial charge in [-0.25, -0.2) is 9.69 Å². The fourth-order valence-electron chi connectivity index (χ4n) is 2.85. The number of fused-ring (bicyclic) bond motifs is 1. The molecule has 2 atom stereocenters. The van der Waals surface area contributed by atoms with Crippen molar-refractivity contribution in [1.82, 2.24) is 15.5 Å². The summed E-state index contributed by atoms with van der Waals surface area (Å²) in [6, 6.07) is 3.57. The van der Waals surface area contributed by atoms with Crippen LogP contribution in [0.1, 0.15) is 26.3 Å². The second kappa shape index (κ2) is 5.70.